The molecule has 1 aliphatic heterocycles. The molecule has 0 spiro atoms. The number of hydrogen-bond acceptors (Lipinski definition) is 12. The van der Waals surface area contributed by atoms with Crippen molar-refractivity contribution in [2.75, 3.05) is 13.2 Å². The van der Waals surface area contributed by atoms with Crippen molar-refractivity contribution in [2.45, 2.75) is 65.3 Å². The molecule has 2 rings (SSSR count). The molecule has 37 heavy (non-hydrogen) atoms. The molecule has 1 fully saturated rings. The Morgan fingerprint density at radius 2 is 1.51 bits per heavy atom. The fourth-order valence-corrected chi connectivity index (χ4v) is 3.77. The van der Waals surface area contributed by atoms with E-state index in [0.29, 0.717) is 5.56 Å². The van der Waals surface area contributed by atoms with E-state index in [4.69, 9.17) is 23.7 Å². The summed E-state index contributed by atoms with van der Waals surface area (Å²) in [5, 5.41) is 11.0. The van der Waals surface area contributed by atoms with Crippen molar-refractivity contribution in [3.8, 4) is 0 Å². The van der Waals surface area contributed by atoms with Crippen LogP contribution in [0, 0.1) is 10.1 Å². The predicted octanol–water partition coefficient (Wildman–Crippen LogP) is 1.20. The number of carbonyl (C=O) groups excluding carboxylic acids is 5. The van der Waals surface area contributed by atoms with Crippen LogP contribution in [0.25, 0.3) is 0 Å². The van der Waals surface area contributed by atoms with Crippen molar-refractivity contribution < 1.29 is 52.6 Å². The summed E-state index contributed by atoms with van der Waals surface area (Å²) in [6.45, 7) is 4.97. The third-order valence-corrected chi connectivity index (χ3v) is 5.19. The van der Waals surface area contributed by atoms with Crippen LogP contribution in [0.15, 0.2) is 24.3 Å². The highest BCUT2D eigenvalue weighted by atomic mass is 16.6. The molecule has 0 radical (unpaired) electrons. The van der Waals surface area contributed by atoms with Crippen LogP contribution in [0.2, 0.25) is 0 Å². The number of non-ortho nitro benzene ring substituents is 1. The largest absolute Gasteiger partial charge is 0.462 e. The van der Waals surface area contributed by atoms with Gasteiger partial charge in [0.15, 0.2) is 24.5 Å². The molecule has 14 nitrogen and oxygen atoms in total. The smallest absolute Gasteiger partial charge is 0.303 e. The number of hydrogen-bond donors (Lipinski definition) is 0. The summed E-state index contributed by atoms with van der Waals surface area (Å²) in [7, 11) is 0. The van der Waals surface area contributed by atoms with E-state index in [9.17, 15) is 34.1 Å². The lowest BCUT2D eigenvalue weighted by atomic mass is 10.0. The van der Waals surface area contributed by atoms with Crippen molar-refractivity contribution in [3.05, 3.63) is 39.9 Å². The molecule has 1 aromatic carbocycles. The van der Waals surface area contributed by atoms with Crippen molar-refractivity contribution in [1.29, 1.82) is 0 Å². The van der Waals surface area contributed by atoms with E-state index >= 15 is 0 Å². The maximum Gasteiger partial charge on any atom is 0.303 e. The van der Waals surface area contributed by atoms with Crippen LogP contribution in [0.1, 0.15) is 46.4 Å². The Balaban J connectivity index is 2.48. The topological polar surface area (TPSA) is 178 Å². The molecular formula is C23H28N2O12. The van der Waals surface area contributed by atoms with E-state index in [-0.39, 0.29) is 12.2 Å². The van der Waals surface area contributed by atoms with E-state index in [0.717, 1.165) is 27.7 Å². The quantitative estimate of drug-likeness (QED) is 0.185. The van der Waals surface area contributed by atoms with Gasteiger partial charge >= 0.3 is 23.9 Å². The Labute approximate surface area is 211 Å². The van der Waals surface area contributed by atoms with Crippen molar-refractivity contribution in [3.63, 3.8) is 0 Å². The number of benzene rings is 1. The van der Waals surface area contributed by atoms with Gasteiger partial charge in [0, 0.05) is 52.3 Å². The molecule has 0 aromatic heterocycles. The minimum Gasteiger partial charge on any atom is -0.462 e. The van der Waals surface area contributed by atoms with E-state index in [1.807, 2.05) is 0 Å². The number of carbonyl (C=O) groups is 5. The van der Waals surface area contributed by atoms with Gasteiger partial charge in [0.25, 0.3) is 5.69 Å². The van der Waals surface area contributed by atoms with Gasteiger partial charge in [0.05, 0.1) is 11.5 Å². The predicted molar refractivity (Wildman–Crippen MR) is 121 cm³/mol. The molecule has 5 atom stereocenters. The van der Waals surface area contributed by atoms with Gasteiger partial charge < -0.3 is 28.6 Å². The molecule has 1 heterocycles. The van der Waals surface area contributed by atoms with Gasteiger partial charge in [-0.1, -0.05) is 0 Å². The highest BCUT2D eigenvalue weighted by Crippen LogP contribution is 2.35. The first kappa shape index (κ1) is 29.2. The zero-order valence-electron chi connectivity index (χ0n) is 20.9. The molecule has 202 valence electrons. The summed E-state index contributed by atoms with van der Waals surface area (Å²) < 4.78 is 27.0. The number of esters is 4. The SMILES string of the molecule is CC(=O)OC[C@@H](OC(C)=O)[C@@H](OC(C)=O)[C@H](OC(C)=O)[C@@H]1CN(C(C)=O)[C@@H](c2ccc([N+](=O)[O-])cc2)O1. The van der Waals surface area contributed by atoms with Gasteiger partial charge in [-0.05, 0) is 12.1 Å². The molecule has 0 bridgehead atoms. The molecule has 0 saturated carbocycles. The van der Waals surface area contributed by atoms with Crippen LogP contribution in [0.4, 0.5) is 5.69 Å². The molecule has 1 aromatic rings. The van der Waals surface area contributed by atoms with Crippen LogP contribution in [0.5, 0.6) is 0 Å². The van der Waals surface area contributed by atoms with Crippen LogP contribution in [0.3, 0.4) is 0 Å². The zero-order chi connectivity index (χ0) is 27.9. The fraction of sp³-hybridized carbons (Fsp3) is 0.522. The molecule has 1 amide bonds. The Morgan fingerprint density at radius 3 is 1.97 bits per heavy atom. The second kappa shape index (κ2) is 12.8. The maximum atomic E-state index is 12.4. The summed E-state index contributed by atoms with van der Waals surface area (Å²) >= 11 is 0. The number of nitrogens with zero attached hydrogens (tertiary/aromatic N) is 2. The highest BCUT2D eigenvalue weighted by Gasteiger charge is 2.48. The van der Waals surface area contributed by atoms with Crippen LogP contribution < -0.4 is 0 Å². The van der Waals surface area contributed by atoms with E-state index in [1.165, 1.54) is 36.1 Å². The summed E-state index contributed by atoms with van der Waals surface area (Å²) in [5.41, 5.74) is 0.223. The van der Waals surface area contributed by atoms with Crippen molar-refractivity contribution in [2.24, 2.45) is 0 Å². The number of rotatable bonds is 10. The van der Waals surface area contributed by atoms with Gasteiger partial charge in [0.2, 0.25) is 5.91 Å². The first-order valence-electron chi connectivity index (χ1n) is 11.1. The van der Waals surface area contributed by atoms with Crippen LogP contribution in [-0.4, -0.2) is 77.2 Å². The molecule has 0 aliphatic carbocycles. The summed E-state index contributed by atoms with van der Waals surface area (Å²) in [5.74, 6) is -3.55. The zero-order valence-corrected chi connectivity index (χ0v) is 20.9. The van der Waals surface area contributed by atoms with Crippen molar-refractivity contribution in [1.82, 2.24) is 4.90 Å². The molecular weight excluding hydrogens is 496 g/mol. The number of nitro groups is 1. The Kier molecular flexibility index (Phi) is 10.1. The van der Waals surface area contributed by atoms with Crippen LogP contribution in [-0.2, 0) is 47.7 Å². The van der Waals surface area contributed by atoms with E-state index in [2.05, 4.69) is 0 Å². The minimum absolute atomic E-state index is 0.146. The van der Waals surface area contributed by atoms with E-state index < -0.39 is 72.0 Å². The minimum atomic E-state index is -1.49. The fourth-order valence-electron chi connectivity index (χ4n) is 3.77. The van der Waals surface area contributed by atoms with Crippen LogP contribution >= 0.6 is 0 Å². The summed E-state index contributed by atoms with van der Waals surface area (Å²) in [6.07, 6.45) is -6.42. The second-order valence-corrected chi connectivity index (χ2v) is 8.15. The normalized spacial score (nSPS) is 19.2. The monoisotopic (exact) mass is 524 g/mol. The average Bonchev–Trinajstić information content (AvgIpc) is 3.24. The maximum absolute atomic E-state index is 12.4. The molecule has 14 heteroatoms. The average molecular weight is 524 g/mol. The second-order valence-electron chi connectivity index (χ2n) is 8.15. The first-order valence-corrected chi connectivity index (χ1v) is 11.1. The third kappa shape index (κ3) is 8.24. The lowest BCUT2D eigenvalue weighted by Gasteiger charge is -2.34. The van der Waals surface area contributed by atoms with Gasteiger partial charge in [-0.15, -0.1) is 0 Å². The lowest BCUT2D eigenvalue weighted by molar-refractivity contribution is -0.384. The highest BCUT2D eigenvalue weighted by molar-refractivity contribution is 5.74. The van der Waals surface area contributed by atoms with Crippen molar-refractivity contribution >= 4 is 35.5 Å². The first-order chi connectivity index (χ1) is 17.3. The summed E-state index contributed by atoms with van der Waals surface area (Å²) in [4.78, 5) is 71.3. The van der Waals surface area contributed by atoms with Gasteiger partial charge in [0.1, 0.15) is 12.7 Å². The standard InChI is InChI=1S/C23H28N2O12/c1-12(26)24-10-19(37-23(24)17-6-8-18(9-7-17)25(31)32)21(35-15(4)29)22(36-16(5)30)20(34-14(3)28)11-33-13(2)27/h6-9,19-23H,10-11H2,1-5H3/t19-,20+,21+,22+,23+/m0/s1. The Hall–Kier alpha value is -4.07. The molecule has 1 aliphatic rings. The van der Waals surface area contributed by atoms with Gasteiger partial charge in [-0.25, -0.2) is 0 Å². The molecule has 0 N–H and O–H groups in total. The number of ether oxygens (including phenoxy) is 5. The molecule has 0 unspecified atom stereocenters. The van der Waals surface area contributed by atoms with E-state index in [1.54, 1.807) is 0 Å². The lowest BCUT2D eigenvalue weighted by Crippen LogP contribution is -2.53. The summed E-state index contributed by atoms with van der Waals surface area (Å²) in [6, 6.07) is 5.30. The number of nitro benzene ring substituents is 1. The third-order valence-electron chi connectivity index (χ3n) is 5.19. The molecule has 1 saturated heterocycles. The Bertz CT molecular complexity index is 1040. The Morgan fingerprint density at radius 1 is 0.946 bits per heavy atom. The van der Waals surface area contributed by atoms with Gasteiger partial charge in [-0.2, -0.15) is 0 Å². The number of amides is 1. The van der Waals surface area contributed by atoms with Gasteiger partial charge in [-0.3, -0.25) is 34.1 Å².